The summed E-state index contributed by atoms with van der Waals surface area (Å²) in [5, 5.41) is 0.400. The lowest BCUT2D eigenvalue weighted by molar-refractivity contribution is 1.08. The van der Waals surface area contributed by atoms with Crippen LogP contribution in [0.1, 0.15) is 13.3 Å². The van der Waals surface area contributed by atoms with Crippen molar-refractivity contribution in [3.8, 4) is 0 Å². The Bertz CT molecular complexity index is 305. The van der Waals surface area contributed by atoms with Gasteiger partial charge in [-0.15, -0.1) is 18.3 Å². The topological polar surface area (TPSA) is 0 Å². The molecule has 0 aromatic rings. The Hall–Kier alpha value is -1.21. The Morgan fingerprint density at radius 2 is 2.00 bits per heavy atom. The van der Waals surface area contributed by atoms with Gasteiger partial charge in [-0.25, -0.2) is 0 Å². The molecule has 1 heteroatoms. The summed E-state index contributed by atoms with van der Waals surface area (Å²) in [4.78, 5) is 1.17. The predicted octanol–water partition coefficient (Wildman–Crippen LogP) is 5.05. The Morgan fingerprint density at radius 3 is 2.50 bits per heavy atom. The number of allylic oxidation sites excluding steroid dienone is 7. The van der Waals surface area contributed by atoms with E-state index in [1.54, 1.807) is 23.9 Å². The minimum atomic E-state index is 0.400. The van der Waals surface area contributed by atoms with Crippen molar-refractivity contribution in [2.24, 2.45) is 0 Å². The molecule has 0 aliphatic carbocycles. The third kappa shape index (κ3) is 7.13. The molecule has 0 heterocycles. The van der Waals surface area contributed by atoms with Crippen molar-refractivity contribution in [3.63, 3.8) is 0 Å². The molecule has 0 aromatic carbocycles. The van der Waals surface area contributed by atoms with E-state index in [0.29, 0.717) is 5.25 Å². The molecule has 0 amide bonds. The van der Waals surface area contributed by atoms with E-state index in [1.165, 1.54) is 4.91 Å². The zero-order valence-corrected chi connectivity index (χ0v) is 10.7. The standard InChI is InChI=1S/C15H20S/c1-5-9-12-14(8-4)16-15(11-7-3)13-10-6-2/h5-11,13-14H,2-4,12H2,1H3/b9-5-,13-10-,15-11+. The summed E-state index contributed by atoms with van der Waals surface area (Å²) in [5.74, 6) is 0. The lowest BCUT2D eigenvalue weighted by Gasteiger charge is -2.09. The molecule has 1 unspecified atom stereocenters. The molecule has 0 aliphatic heterocycles. The SMILES string of the molecule is C=C/C=C\C(=C/C=C)SC(C=C)C/C=C\C. The van der Waals surface area contributed by atoms with Crippen LogP contribution in [0.5, 0.6) is 0 Å². The molecular formula is C15H20S. The summed E-state index contributed by atoms with van der Waals surface area (Å²) < 4.78 is 0. The highest BCUT2D eigenvalue weighted by atomic mass is 32.2. The van der Waals surface area contributed by atoms with E-state index in [1.807, 2.05) is 31.2 Å². The maximum atomic E-state index is 3.86. The first-order valence-corrected chi connectivity index (χ1v) is 6.18. The van der Waals surface area contributed by atoms with Crippen LogP contribution < -0.4 is 0 Å². The minimum Gasteiger partial charge on any atom is -0.118 e. The van der Waals surface area contributed by atoms with Gasteiger partial charge in [-0.1, -0.05) is 49.6 Å². The van der Waals surface area contributed by atoms with Crippen LogP contribution >= 0.6 is 11.8 Å². The summed E-state index contributed by atoms with van der Waals surface area (Å²) in [6, 6.07) is 0. The van der Waals surface area contributed by atoms with Gasteiger partial charge in [0.1, 0.15) is 0 Å². The molecule has 0 aromatic heterocycles. The molecule has 0 fully saturated rings. The number of hydrogen-bond acceptors (Lipinski definition) is 1. The lowest BCUT2D eigenvalue weighted by Crippen LogP contribution is -1.95. The van der Waals surface area contributed by atoms with Gasteiger partial charge in [0.05, 0.1) is 0 Å². The van der Waals surface area contributed by atoms with Crippen molar-refractivity contribution in [2.45, 2.75) is 18.6 Å². The predicted molar refractivity (Wildman–Crippen MR) is 78.6 cm³/mol. The van der Waals surface area contributed by atoms with Crippen LogP contribution in [0.4, 0.5) is 0 Å². The van der Waals surface area contributed by atoms with E-state index in [9.17, 15) is 0 Å². The van der Waals surface area contributed by atoms with Gasteiger partial charge >= 0.3 is 0 Å². The molecule has 0 saturated carbocycles. The fraction of sp³-hybridized carbons (Fsp3) is 0.200. The van der Waals surface area contributed by atoms with Gasteiger partial charge in [-0.2, -0.15) is 0 Å². The Balaban J connectivity index is 4.51. The van der Waals surface area contributed by atoms with Gasteiger partial charge in [-0.3, -0.25) is 0 Å². The van der Waals surface area contributed by atoms with Crippen LogP contribution in [0.2, 0.25) is 0 Å². The average molecular weight is 232 g/mol. The summed E-state index contributed by atoms with van der Waals surface area (Å²) in [6.07, 6.45) is 16.7. The largest absolute Gasteiger partial charge is 0.118 e. The van der Waals surface area contributed by atoms with Crippen molar-refractivity contribution >= 4 is 11.8 Å². The second-order valence-electron chi connectivity index (χ2n) is 3.10. The van der Waals surface area contributed by atoms with E-state index < -0.39 is 0 Å². The normalized spacial score (nSPS) is 14.2. The van der Waals surface area contributed by atoms with Crippen molar-refractivity contribution < 1.29 is 0 Å². The van der Waals surface area contributed by atoms with Crippen molar-refractivity contribution in [2.75, 3.05) is 0 Å². The number of rotatable bonds is 8. The van der Waals surface area contributed by atoms with E-state index >= 15 is 0 Å². The second kappa shape index (κ2) is 10.3. The lowest BCUT2D eigenvalue weighted by atomic mass is 10.3. The highest BCUT2D eigenvalue weighted by molar-refractivity contribution is 8.04. The molecule has 0 nitrogen and oxygen atoms in total. The third-order valence-electron chi connectivity index (χ3n) is 1.83. The van der Waals surface area contributed by atoms with Crippen molar-refractivity contribution in [3.05, 3.63) is 73.3 Å². The fourth-order valence-corrected chi connectivity index (χ4v) is 2.04. The molecule has 0 rings (SSSR count). The smallest absolute Gasteiger partial charge is 0.0306 e. The first kappa shape index (κ1) is 14.8. The van der Waals surface area contributed by atoms with E-state index in [-0.39, 0.29) is 0 Å². The molecule has 0 spiro atoms. The average Bonchev–Trinajstić information content (AvgIpc) is 2.31. The maximum absolute atomic E-state index is 3.86. The molecule has 0 bridgehead atoms. The van der Waals surface area contributed by atoms with Crippen LogP contribution in [0.25, 0.3) is 0 Å². The molecule has 86 valence electrons. The fourth-order valence-electron chi connectivity index (χ4n) is 1.05. The monoisotopic (exact) mass is 232 g/mol. The number of hydrogen-bond donors (Lipinski definition) is 0. The van der Waals surface area contributed by atoms with E-state index in [2.05, 4.69) is 31.9 Å². The van der Waals surface area contributed by atoms with Gasteiger partial charge in [0, 0.05) is 10.2 Å². The summed E-state index contributed by atoms with van der Waals surface area (Å²) in [6.45, 7) is 13.3. The molecule has 0 radical (unpaired) electrons. The molecule has 0 aliphatic rings. The number of thioether (sulfide) groups is 1. The Labute approximate surface area is 104 Å². The second-order valence-corrected chi connectivity index (χ2v) is 4.41. The van der Waals surface area contributed by atoms with Gasteiger partial charge in [-0.05, 0) is 25.5 Å². The van der Waals surface area contributed by atoms with Crippen LogP contribution in [0.15, 0.2) is 73.3 Å². The Kier molecular flexibility index (Phi) is 9.53. The Morgan fingerprint density at radius 1 is 1.25 bits per heavy atom. The highest BCUT2D eigenvalue weighted by Crippen LogP contribution is 2.26. The van der Waals surface area contributed by atoms with Gasteiger partial charge in [0.25, 0.3) is 0 Å². The molecule has 1 atom stereocenters. The van der Waals surface area contributed by atoms with E-state index in [0.717, 1.165) is 6.42 Å². The molecule has 0 saturated heterocycles. The highest BCUT2D eigenvalue weighted by Gasteiger charge is 2.03. The van der Waals surface area contributed by atoms with Crippen LogP contribution in [0, 0.1) is 0 Å². The van der Waals surface area contributed by atoms with Crippen molar-refractivity contribution in [1.29, 1.82) is 0 Å². The molecule has 16 heavy (non-hydrogen) atoms. The van der Waals surface area contributed by atoms with Crippen molar-refractivity contribution in [1.82, 2.24) is 0 Å². The van der Waals surface area contributed by atoms with Crippen LogP contribution in [-0.2, 0) is 0 Å². The van der Waals surface area contributed by atoms with Crippen LogP contribution in [0.3, 0.4) is 0 Å². The quantitative estimate of drug-likeness (QED) is 0.417. The van der Waals surface area contributed by atoms with Gasteiger partial charge < -0.3 is 0 Å². The van der Waals surface area contributed by atoms with E-state index in [4.69, 9.17) is 0 Å². The molecule has 0 N–H and O–H groups in total. The maximum Gasteiger partial charge on any atom is 0.0306 e. The van der Waals surface area contributed by atoms with Crippen LogP contribution in [-0.4, -0.2) is 5.25 Å². The summed E-state index contributed by atoms with van der Waals surface area (Å²) >= 11 is 1.78. The van der Waals surface area contributed by atoms with Gasteiger partial charge in [0.15, 0.2) is 0 Å². The first-order chi connectivity index (χ1) is 7.78. The first-order valence-electron chi connectivity index (χ1n) is 5.30. The zero-order valence-electron chi connectivity index (χ0n) is 9.93. The third-order valence-corrected chi connectivity index (χ3v) is 3.07. The summed E-state index contributed by atoms with van der Waals surface area (Å²) in [5.41, 5.74) is 0. The minimum absolute atomic E-state index is 0.400. The zero-order chi connectivity index (χ0) is 12.2. The summed E-state index contributed by atoms with van der Waals surface area (Å²) in [7, 11) is 0. The molecular weight excluding hydrogens is 212 g/mol. The van der Waals surface area contributed by atoms with Gasteiger partial charge in [0.2, 0.25) is 0 Å².